The second kappa shape index (κ2) is 8.14. The van der Waals surface area contributed by atoms with Gasteiger partial charge in [-0.2, -0.15) is 0 Å². The van der Waals surface area contributed by atoms with Crippen LogP contribution < -0.4 is 10.2 Å². The molecule has 1 aliphatic rings. The predicted octanol–water partition coefficient (Wildman–Crippen LogP) is 3.25. The SMILES string of the molecule is CC(NC(=O)N(c1ccccc1)c1ccccc1)C1CN(C)CCO1. The number of rotatable bonds is 4. The van der Waals surface area contributed by atoms with E-state index in [1.54, 1.807) is 4.90 Å². The monoisotopic (exact) mass is 339 g/mol. The summed E-state index contributed by atoms with van der Waals surface area (Å²) >= 11 is 0. The molecule has 5 nitrogen and oxygen atoms in total. The van der Waals surface area contributed by atoms with Gasteiger partial charge in [0.25, 0.3) is 0 Å². The molecule has 2 aromatic carbocycles. The number of para-hydroxylation sites is 2. The van der Waals surface area contributed by atoms with Gasteiger partial charge in [-0.25, -0.2) is 4.79 Å². The molecule has 5 heteroatoms. The first-order chi connectivity index (χ1) is 12.1. The summed E-state index contributed by atoms with van der Waals surface area (Å²) in [7, 11) is 2.07. The number of anilines is 2. The summed E-state index contributed by atoms with van der Waals surface area (Å²) in [6, 6.07) is 19.1. The Balaban J connectivity index is 1.78. The number of amides is 2. The largest absolute Gasteiger partial charge is 0.373 e. The van der Waals surface area contributed by atoms with Crippen LogP contribution in [0.15, 0.2) is 60.7 Å². The van der Waals surface area contributed by atoms with Crippen molar-refractivity contribution >= 4 is 17.4 Å². The zero-order valence-electron chi connectivity index (χ0n) is 14.8. The molecule has 25 heavy (non-hydrogen) atoms. The van der Waals surface area contributed by atoms with Gasteiger partial charge in [0.1, 0.15) is 0 Å². The van der Waals surface area contributed by atoms with Crippen LogP contribution in [0.5, 0.6) is 0 Å². The lowest BCUT2D eigenvalue weighted by molar-refractivity contribution is -0.0332. The highest BCUT2D eigenvalue weighted by atomic mass is 16.5. The topological polar surface area (TPSA) is 44.8 Å². The quantitative estimate of drug-likeness (QED) is 0.930. The van der Waals surface area contributed by atoms with Crippen molar-refractivity contribution in [3.05, 3.63) is 60.7 Å². The molecule has 2 amide bonds. The Kier molecular flexibility index (Phi) is 5.68. The van der Waals surface area contributed by atoms with E-state index in [2.05, 4.69) is 17.3 Å². The Morgan fingerprint density at radius 1 is 1.12 bits per heavy atom. The van der Waals surface area contributed by atoms with E-state index in [1.165, 1.54) is 0 Å². The molecule has 132 valence electrons. The van der Waals surface area contributed by atoms with Gasteiger partial charge in [0.2, 0.25) is 0 Å². The number of hydrogen-bond donors (Lipinski definition) is 1. The van der Waals surface area contributed by atoms with E-state index in [1.807, 2.05) is 67.6 Å². The molecule has 0 radical (unpaired) electrons. The fourth-order valence-corrected chi connectivity index (χ4v) is 3.00. The number of ether oxygens (including phenoxy) is 1. The zero-order valence-corrected chi connectivity index (χ0v) is 14.8. The molecular weight excluding hydrogens is 314 g/mol. The van der Waals surface area contributed by atoms with Crippen LogP contribution in [0, 0.1) is 0 Å². The molecular formula is C20H25N3O2. The number of carbonyl (C=O) groups is 1. The van der Waals surface area contributed by atoms with Gasteiger partial charge in [-0.15, -0.1) is 0 Å². The Labute approximate surface area is 149 Å². The third-order valence-corrected chi connectivity index (χ3v) is 4.44. The summed E-state index contributed by atoms with van der Waals surface area (Å²) in [5.74, 6) is 0. The number of nitrogens with zero attached hydrogens (tertiary/aromatic N) is 2. The molecule has 1 aliphatic heterocycles. The summed E-state index contributed by atoms with van der Waals surface area (Å²) in [4.78, 5) is 16.9. The first-order valence-electron chi connectivity index (χ1n) is 8.66. The van der Waals surface area contributed by atoms with Gasteiger partial charge < -0.3 is 15.0 Å². The number of urea groups is 1. The van der Waals surface area contributed by atoms with E-state index >= 15 is 0 Å². The molecule has 2 atom stereocenters. The Morgan fingerprint density at radius 3 is 2.20 bits per heavy atom. The van der Waals surface area contributed by atoms with Crippen LogP contribution in [0.25, 0.3) is 0 Å². The van der Waals surface area contributed by atoms with Crippen LogP contribution in [-0.4, -0.2) is 49.8 Å². The normalized spacial score (nSPS) is 19.2. The molecule has 1 heterocycles. The Hall–Kier alpha value is -2.37. The van der Waals surface area contributed by atoms with Crippen molar-refractivity contribution in [2.45, 2.75) is 19.1 Å². The van der Waals surface area contributed by atoms with Crippen LogP contribution in [-0.2, 0) is 4.74 Å². The van der Waals surface area contributed by atoms with Crippen molar-refractivity contribution in [3.8, 4) is 0 Å². The summed E-state index contributed by atoms with van der Waals surface area (Å²) in [5, 5.41) is 3.10. The minimum absolute atomic E-state index is 0.00361. The maximum atomic E-state index is 13.0. The number of likely N-dealkylation sites (N-methyl/N-ethyl adjacent to an activating group) is 1. The summed E-state index contributed by atoms with van der Waals surface area (Å²) in [6.45, 7) is 4.44. The molecule has 0 spiro atoms. The van der Waals surface area contributed by atoms with Crippen LogP contribution in [0.4, 0.5) is 16.2 Å². The molecule has 2 unspecified atom stereocenters. The van der Waals surface area contributed by atoms with Crippen molar-refractivity contribution in [1.82, 2.24) is 10.2 Å². The second-order valence-electron chi connectivity index (χ2n) is 6.42. The highest BCUT2D eigenvalue weighted by molar-refractivity contribution is 5.99. The molecule has 2 aromatic rings. The van der Waals surface area contributed by atoms with Gasteiger partial charge in [0.05, 0.1) is 30.1 Å². The van der Waals surface area contributed by atoms with E-state index in [0.29, 0.717) is 6.61 Å². The fraction of sp³-hybridized carbons (Fsp3) is 0.350. The lowest BCUT2D eigenvalue weighted by atomic mass is 10.1. The van der Waals surface area contributed by atoms with Crippen molar-refractivity contribution < 1.29 is 9.53 Å². The summed E-state index contributed by atoms with van der Waals surface area (Å²) < 4.78 is 5.83. The third-order valence-electron chi connectivity index (χ3n) is 4.44. The number of benzene rings is 2. The lowest BCUT2D eigenvalue weighted by Gasteiger charge is -2.35. The molecule has 3 rings (SSSR count). The van der Waals surface area contributed by atoms with Gasteiger partial charge in [0, 0.05) is 13.1 Å². The van der Waals surface area contributed by atoms with Crippen LogP contribution in [0.2, 0.25) is 0 Å². The summed E-state index contributed by atoms with van der Waals surface area (Å²) in [5.41, 5.74) is 1.67. The summed E-state index contributed by atoms with van der Waals surface area (Å²) in [6.07, 6.45) is -0.00361. The van der Waals surface area contributed by atoms with E-state index < -0.39 is 0 Å². The highest BCUT2D eigenvalue weighted by Gasteiger charge is 2.27. The second-order valence-corrected chi connectivity index (χ2v) is 6.42. The van der Waals surface area contributed by atoms with E-state index in [0.717, 1.165) is 24.5 Å². The van der Waals surface area contributed by atoms with Gasteiger partial charge >= 0.3 is 6.03 Å². The van der Waals surface area contributed by atoms with Gasteiger partial charge in [-0.3, -0.25) is 4.90 Å². The molecule has 0 aromatic heterocycles. The third kappa shape index (κ3) is 4.38. The first-order valence-corrected chi connectivity index (χ1v) is 8.66. The maximum absolute atomic E-state index is 13.0. The standard InChI is InChI=1S/C20H25N3O2/c1-16(19-15-22(2)13-14-25-19)21-20(24)23(17-9-5-3-6-10-17)18-11-7-4-8-12-18/h3-12,16,19H,13-15H2,1-2H3,(H,21,24). The average molecular weight is 339 g/mol. The van der Waals surface area contributed by atoms with Crippen LogP contribution >= 0.6 is 0 Å². The van der Waals surface area contributed by atoms with Crippen molar-refractivity contribution in [2.75, 3.05) is 31.6 Å². The molecule has 1 fully saturated rings. The lowest BCUT2D eigenvalue weighted by Crippen LogP contribution is -2.53. The van der Waals surface area contributed by atoms with Crippen LogP contribution in [0.1, 0.15) is 6.92 Å². The molecule has 0 aliphatic carbocycles. The molecule has 0 saturated carbocycles. The van der Waals surface area contributed by atoms with Crippen molar-refractivity contribution in [2.24, 2.45) is 0 Å². The van der Waals surface area contributed by atoms with E-state index in [9.17, 15) is 4.79 Å². The zero-order chi connectivity index (χ0) is 17.6. The predicted molar refractivity (Wildman–Crippen MR) is 100 cm³/mol. The average Bonchev–Trinajstić information content (AvgIpc) is 2.63. The number of morpholine rings is 1. The Bertz CT molecular complexity index is 638. The van der Waals surface area contributed by atoms with Gasteiger partial charge in [-0.1, -0.05) is 36.4 Å². The minimum atomic E-state index is -0.151. The van der Waals surface area contributed by atoms with Crippen LogP contribution in [0.3, 0.4) is 0 Å². The van der Waals surface area contributed by atoms with Crippen molar-refractivity contribution in [1.29, 1.82) is 0 Å². The molecule has 1 saturated heterocycles. The highest BCUT2D eigenvalue weighted by Crippen LogP contribution is 2.25. The van der Waals surface area contributed by atoms with E-state index in [-0.39, 0.29) is 18.2 Å². The fourth-order valence-electron chi connectivity index (χ4n) is 3.00. The number of carbonyl (C=O) groups excluding carboxylic acids is 1. The smallest absolute Gasteiger partial charge is 0.326 e. The number of hydrogen-bond acceptors (Lipinski definition) is 3. The molecule has 1 N–H and O–H groups in total. The number of nitrogens with one attached hydrogen (secondary N) is 1. The van der Waals surface area contributed by atoms with Gasteiger partial charge in [0.15, 0.2) is 0 Å². The van der Waals surface area contributed by atoms with Crippen molar-refractivity contribution in [3.63, 3.8) is 0 Å². The van der Waals surface area contributed by atoms with Gasteiger partial charge in [-0.05, 0) is 38.2 Å². The first kappa shape index (κ1) is 17.5. The minimum Gasteiger partial charge on any atom is -0.373 e. The maximum Gasteiger partial charge on any atom is 0.326 e. The molecule has 0 bridgehead atoms. The van der Waals surface area contributed by atoms with E-state index in [4.69, 9.17) is 4.74 Å². The Morgan fingerprint density at radius 2 is 1.68 bits per heavy atom.